The van der Waals surface area contributed by atoms with Crippen molar-refractivity contribution in [3.63, 3.8) is 0 Å². The third-order valence-corrected chi connectivity index (χ3v) is 6.30. The predicted molar refractivity (Wildman–Crippen MR) is 124 cm³/mol. The van der Waals surface area contributed by atoms with Gasteiger partial charge in [0.05, 0.1) is 16.8 Å². The lowest BCUT2D eigenvalue weighted by atomic mass is 10.0. The van der Waals surface area contributed by atoms with E-state index in [0.717, 1.165) is 22.9 Å². The molecule has 4 rings (SSSR count). The summed E-state index contributed by atoms with van der Waals surface area (Å²) in [7, 11) is -3.28. The van der Waals surface area contributed by atoms with E-state index in [4.69, 9.17) is 11.6 Å². The van der Waals surface area contributed by atoms with Crippen molar-refractivity contribution in [1.29, 1.82) is 0 Å². The molecular weight excluding hydrogens is 432 g/mol. The molecule has 0 aliphatic heterocycles. The summed E-state index contributed by atoms with van der Waals surface area (Å²) in [5, 5.41) is 5.00. The van der Waals surface area contributed by atoms with Crippen molar-refractivity contribution >= 4 is 21.4 Å². The van der Waals surface area contributed by atoms with Gasteiger partial charge < -0.3 is 0 Å². The molecule has 7 heteroatoms. The summed E-state index contributed by atoms with van der Waals surface area (Å²) in [5.41, 5.74) is 4.46. The van der Waals surface area contributed by atoms with Crippen LogP contribution < -0.4 is 5.56 Å². The second kappa shape index (κ2) is 8.13. The Labute approximate surface area is 185 Å². The summed E-state index contributed by atoms with van der Waals surface area (Å²) in [4.78, 5) is 13.2. The van der Waals surface area contributed by atoms with Gasteiger partial charge in [-0.15, -0.1) is 0 Å². The van der Waals surface area contributed by atoms with Crippen LogP contribution in [0.2, 0.25) is 5.02 Å². The minimum Gasteiger partial charge on any atom is -0.267 e. The number of rotatable bonds is 4. The van der Waals surface area contributed by atoms with Crippen LogP contribution in [-0.4, -0.2) is 24.5 Å². The lowest BCUT2D eigenvalue weighted by Crippen LogP contribution is -2.20. The van der Waals surface area contributed by atoms with Crippen LogP contribution in [0.3, 0.4) is 0 Å². The van der Waals surface area contributed by atoms with Gasteiger partial charge in [-0.05, 0) is 54.4 Å². The van der Waals surface area contributed by atoms with Gasteiger partial charge in [0.25, 0.3) is 5.56 Å². The van der Waals surface area contributed by atoms with Crippen molar-refractivity contribution in [3.8, 4) is 27.9 Å². The average Bonchev–Trinajstić information content (AvgIpc) is 2.73. The first-order valence-electron chi connectivity index (χ1n) is 9.49. The Bertz CT molecular complexity index is 1440. The monoisotopic (exact) mass is 450 g/mol. The molecule has 0 saturated carbocycles. The fourth-order valence-corrected chi connectivity index (χ4v) is 4.18. The number of nitrogens with zero attached hydrogens (tertiary/aromatic N) is 2. The molecule has 0 amide bonds. The van der Waals surface area contributed by atoms with Crippen molar-refractivity contribution in [2.75, 3.05) is 6.26 Å². The van der Waals surface area contributed by atoms with E-state index in [9.17, 15) is 13.2 Å². The molecule has 1 heterocycles. The van der Waals surface area contributed by atoms with Gasteiger partial charge in [-0.25, -0.2) is 8.42 Å². The fraction of sp³-hybridized carbons (Fsp3) is 0.0833. The highest BCUT2D eigenvalue weighted by Gasteiger charge is 2.12. The van der Waals surface area contributed by atoms with Crippen LogP contribution in [0.1, 0.15) is 5.56 Å². The smallest absolute Gasteiger partial charge is 0.267 e. The van der Waals surface area contributed by atoms with Crippen molar-refractivity contribution < 1.29 is 8.42 Å². The maximum Gasteiger partial charge on any atom is 0.272 e. The molecule has 0 radical (unpaired) electrons. The van der Waals surface area contributed by atoms with Gasteiger partial charge in [-0.1, -0.05) is 47.5 Å². The maximum absolute atomic E-state index is 13.0. The fourth-order valence-electron chi connectivity index (χ4n) is 3.36. The number of hydrogen-bond donors (Lipinski definition) is 0. The SMILES string of the molecule is Cc1ccc(-n2ncc(-c3ccc(S(C)(=O)=O)cc3)cc2=O)c(-c2cccc(Cl)c2)c1. The molecule has 1 aromatic heterocycles. The molecule has 156 valence electrons. The van der Waals surface area contributed by atoms with E-state index in [-0.39, 0.29) is 10.5 Å². The molecule has 4 aromatic rings. The second-order valence-corrected chi connectivity index (χ2v) is 9.77. The highest BCUT2D eigenvalue weighted by Crippen LogP contribution is 2.29. The molecule has 0 fully saturated rings. The molecule has 0 saturated heterocycles. The minimum atomic E-state index is -3.28. The zero-order chi connectivity index (χ0) is 22.2. The Morgan fingerprint density at radius 1 is 0.871 bits per heavy atom. The van der Waals surface area contributed by atoms with Crippen molar-refractivity contribution in [2.45, 2.75) is 11.8 Å². The molecule has 3 aromatic carbocycles. The summed E-state index contributed by atoms with van der Waals surface area (Å²) in [6.45, 7) is 1.98. The van der Waals surface area contributed by atoms with Gasteiger partial charge in [0.15, 0.2) is 9.84 Å². The van der Waals surface area contributed by atoms with E-state index in [1.54, 1.807) is 24.4 Å². The molecule has 31 heavy (non-hydrogen) atoms. The Kier molecular flexibility index (Phi) is 5.52. The van der Waals surface area contributed by atoms with Crippen LogP contribution in [0.15, 0.2) is 88.7 Å². The Hall–Kier alpha value is -3.22. The molecule has 0 atom stereocenters. The summed E-state index contributed by atoms with van der Waals surface area (Å²) < 4.78 is 24.7. The first kappa shape index (κ1) is 21.0. The van der Waals surface area contributed by atoms with E-state index < -0.39 is 9.84 Å². The van der Waals surface area contributed by atoms with E-state index in [0.29, 0.717) is 21.8 Å². The maximum atomic E-state index is 13.0. The van der Waals surface area contributed by atoms with Crippen LogP contribution in [0.4, 0.5) is 0 Å². The number of aromatic nitrogens is 2. The van der Waals surface area contributed by atoms with E-state index in [2.05, 4.69) is 5.10 Å². The van der Waals surface area contributed by atoms with Gasteiger partial charge in [-0.3, -0.25) is 4.79 Å². The molecule has 0 unspecified atom stereocenters. The first-order valence-corrected chi connectivity index (χ1v) is 11.8. The number of hydrogen-bond acceptors (Lipinski definition) is 4. The molecule has 5 nitrogen and oxygen atoms in total. The summed E-state index contributed by atoms with van der Waals surface area (Å²) in [6, 6.07) is 21.1. The van der Waals surface area contributed by atoms with Crippen LogP contribution in [0.5, 0.6) is 0 Å². The highest BCUT2D eigenvalue weighted by atomic mass is 35.5. The second-order valence-electron chi connectivity index (χ2n) is 7.32. The highest BCUT2D eigenvalue weighted by molar-refractivity contribution is 7.90. The first-order chi connectivity index (χ1) is 14.7. The lowest BCUT2D eigenvalue weighted by Gasteiger charge is -2.13. The van der Waals surface area contributed by atoms with Crippen molar-refractivity contribution in [2.24, 2.45) is 0 Å². The largest absolute Gasteiger partial charge is 0.272 e. The van der Waals surface area contributed by atoms with Gasteiger partial charge in [-0.2, -0.15) is 9.78 Å². The predicted octanol–water partition coefficient (Wildman–Crippen LogP) is 4.93. The lowest BCUT2D eigenvalue weighted by molar-refractivity contribution is 0.602. The summed E-state index contributed by atoms with van der Waals surface area (Å²) >= 11 is 6.17. The zero-order valence-electron chi connectivity index (χ0n) is 16.9. The van der Waals surface area contributed by atoms with Crippen LogP contribution in [0, 0.1) is 6.92 Å². The Balaban J connectivity index is 1.79. The van der Waals surface area contributed by atoms with E-state index in [1.165, 1.54) is 22.9 Å². The number of halogens is 1. The molecule has 0 N–H and O–H groups in total. The summed E-state index contributed by atoms with van der Waals surface area (Å²) in [5.74, 6) is 0. The quantitative estimate of drug-likeness (QED) is 0.442. The van der Waals surface area contributed by atoms with Gasteiger partial charge in [0.2, 0.25) is 0 Å². The molecule has 0 spiro atoms. The van der Waals surface area contributed by atoms with Gasteiger partial charge in [0.1, 0.15) is 0 Å². The van der Waals surface area contributed by atoms with Crippen LogP contribution >= 0.6 is 11.6 Å². The third kappa shape index (κ3) is 4.45. The Morgan fingerprint density at radius 2 is 1.61 bits per heavy atom. The van der Waals surface area contributed by atoms with Crippen molar-refractivity contribution in [1.82, 2.24) is 9.78 Å². The van der Waals surface area contributed by atoms with Crippen LogP contribution in [-0.2, 0) is 9.84 Å². The van der Waals surface area contributed by atoms with E-state index in [1.807, 2.05) is 43.3 Å². The molecule has 0 aliphatic rings. The number of aryl methyl sites for hydroxylation is 1. The van der Waals surface area contributed by atoms with Gasteiger partial charge in [0, 0.05) is 28.5 Å². The van der Waals surface area contributed by atoms with Crippen molar-refractivity contribution in [3.05, 3.63) is 99.9 Å². The molecule has 0 aliphatic carbocycles. The summed E-state index contributed by atoms with van der Waals surface area (Å²) in [6.07, 6.45) is 2.75. The molecular formula is C24H19ClN2O3S. The number of sulfone groups is 1. The number of benzene rings is 3. The molecule has 0 bridgehead atoms. The normalized spacial score (nSPS) is 11.5. The van der Waals surface area contributed by atoms with Gasteiger partial charge >= 0.3 is 0 Å². The Morgan fingerprint density at radius 3 is 2.26 bits per heavy atom. The zero-order valence-corrected chi connectivity index (χ0v) is 18.5. The van der Waals surface area contributed by atoms with E-state index >= 15 is 0 Å². The van der Waals surface area contributed by atoms with Crippen LogP contribution in [0.25, 0.3) is 27.9 Å². The standard InChI is InChI=1S/C24H19ClN2O3S/c1-16-6-11-23(22(12-16)18-4-3-5-20(25)13-18)27-24(28)14-19(15-26-27)17-7-9-21(10-8-17)31(2,29)30/h3-15H,1-2H3. The third-order valence-electron chi connectivity index (χ3n) is 4.93. The average molecular weight is 451 g/mol. The topological polar surface area (TPSA) is 69.0 Å². The minimum absolute atomic E-state index is 0.225.